The number of ether oxygens (including phenoxy) is 4. The third-order valence-electron chi connectivity index (χ3n) is 8.97. The highest BCUT2D eigenvalue weighted by atomic mass is 19.2. The van der Waals surface area contributed by atoms with Crippen LogP contribution in [0.4, 0.5) is 8.78 Å². The van der Waals surface area contributed by atoms with E-state index in [4.69, 9.17) is 18.9 Å². The molecule has 234 valence electrons. The second-order valence-electron chi connectivity index (χ2n) is 11.8. The van der Waals surface area contributed by atoms with Crippen LogP contribution in [-0.4, -0.2) is 80.3 Å². The summed E-state index contributed by atoms with van der Waals surface area (Å²) in [4.78, 5) is 43.5. The SMILES string of the molecule is O=C1CN(C(=O)c2ccc3c(c2)OCO3)CCCOc2cccc3c2OC[C@@]2(CN1)CN(C(=O)Cc1cccc(F)c1F)C[C@@H]32. The molecule has 45 heavy (non-hydrogen) atoms. The Hall–Kier alpha value is -4.87. The van der Waals surface area contributed by atoms with Crippen LogP contribution in [0.1, 0.15) is 33.8 Å². The van der Waals surface area contributed by atoms with Gasteiger partial charge in [0, 0.05) is 54.2 Å². The van der Waals surface area contributed by atoms with Gasteiger partial charge in [-0.15, -0.1) is 0 Å². The average molecular weight is 620 g/mol. The summed E-state index contributed by atoms with van der Waals surface area (Å²) in [5.41, 5.74) is 0.509. The number of fused-ring (bicyclic) bond motifs is 10. The molecule has 1 fully saturated rings. The number of nitrogens with one attached hydrogen (secondary N) is 1. The van der Waals surface area contributed by atoms with Gasteiger partial charge in [0.1, 0.15) is 0 Å². The van der Waals surface area contributed by atoms with Gasteiger partial charge in [-0.05, 0) is 36.8 Å². The Bertz CT molecular complexity index is 1680. The van der Waals surface area contributed by atoms with E-state index in [0.29, 0.717) is 41.5 Å². The first kappa shape index (κ1) is 28.9. The number of rotatable bonds is 3. The molecule has 4 bridgehead atoms. The Kier molecular flexibility index (Phi) is 7.42. The van der Waals surface area contributed by atoms with E-state index in [1.807, 2.05) is 18.2 Å². The molecule has 0 aliphatic carbocycles. The molecule has 0 aromatic heterocycles. The van der Waals surface area contributed by atoms with Crippen molar-refractivity contribution in [2.75, 3.05) is 52.7 Å². The molecule has 0 saturated carbocycles. The van der Waals surface area contributed by atoms with E-state index in [1.165, 1.54) is 17.0 Å². The average Bonchev–Trinajstić information content (AvgIpc) is 3.68. The summed E-state index contributed by atoms with van der Waals surface area (Å²) in [6.45, 7) is 1.34. The van der Waals surface area contributed by atoms with E-state index in [1.54, 1.807) is 23.1 Å². The van der Waals surface area contributed by atoms with Gasteiger partial charge in [0.05, 0.1) is 26.2 Å². The Morgan fingerprint density at radius 2 is 1.80 bits per heavy atom. The first-order chi connectivity index (χ1) is 21.8. The van der Waals surface area contributed by atoms with Crippen molar-refractivity contribution in [2.24, 2.45) is 5.41 Å². The van der Waals surface area contributed by atoms with Gasteiger partial charge in [0.15, 0.2) is 34.6 Å². The van der Waals surface area contributed by atoms with Crippen LogP contribution in [0.15, 0.2) is 54.6 Å². The highest BCUT2D eigenvalue weighted by molar-refractivity contribution is 5.97. The number of carbonyl (C=O) groups is 3. The van der Waals surface area contributed by atoms with Crippen LogP contribution in [0.3, 0.4) is 0 Å². The topological polar surface area (TPSA) is 107 Å². The summed E-state index contributed by atoms with van der Waals surface area (Å²) in [5.74, 6) is -1.14. The van der Waals surface area contributed by atoms with Crippen LogP contribution in [0, 0.1) is 17.0 Å². The van der Waals surface area contributed by atoms with Crippen LogP contribution in [0.25, 0.3) is 0 Å². The normalized spacial score (nSPS) is 22.2. The van der Waals surface area contributed by atoms with Crippen LogP contribution < -0.4 is 24.3 Å². The fourth-order valence-electron chi connectivity index (χ4n) is 6.62. The Balaban J connectivity index is 1.15. The molecule has 3 amide bonds. The van der Waals surface area contributed by atoms with Crippen molar-refractivity contribution in [1.82, 2.24) is 15.1 Å². The molecular formula is C33H31F2N3O7. The van der Waals surface area contributed by atoms with Crippen LogP contribution in [-0.2, 0) is 16.0 Å². The molecule has 1 saturated heterocycles. The van der Waals surface area contributed by atoms with Gasteiger partial charge in [-0.1, -0.05) is 24.3 Å². The minimum Gasteiger partial charge on any atom is -0.490 e. The molecule has 2 atom stereocenters. The van der Waals surface area contributed by atoms with E-state index in [2.05, 4.69) is 5.32 Å². The molecule has 12 heteroatoms. The molecule has 1 spiro atoms. The van der Waals surface area contributed by atoms with Crippen molar-refractivity contribution in [3.63, 3.8) is 0 Å². The maximum Gasteiger partial charge on any atom is 0.254 e. The summed E-state index contributed by atoms with van der Waals surface area (Å²) < 4.78 is 51.4. The van der Waals surface area contributed by atoms with Crippen molar-refractivity contribution in [3.8, 4) is 23.0 Å². The first-order valence-electron chi connectivity index (χ1n) is 14.9. The molecule has 3 aromatic rings. The van der Waals surface area contributed by atoms with E-state index in [0.717, 1.165) is 11.6 Å². The summed E-state index contributed by atoms with van der Waals surface area (Å²) in [6, 6.07) is 14.3. The van der Waals surface area contributed by atoms with Gasteiger partial charge in [-0.25, -0.2) is 8.78 Å². The quantitative estimate of drug-likeness (QED) is 0.480. The first-order valence-corrected chi connectivity index (χ1v) is 14.9. The molecular weight excluding hydrogens is 588 g/mol. The predicted octanol–water partition coefficient (Wildman–Crippen LogP) is 3.28. The number of para-hydroxylation sites is 1. The standard InChI is InChI=1S/C33H31F2N3O7/c34-24-6-1-4-20(30(24)35)13-29(40)38-14-23-22-5-2-7-26-31(22)43-18-33(23,17-38)16-36-28(39)15-37(10-3-11-42-26)32(41)21-8-9-25-27(12-21)45-19-44-25/h1-2,4-9,12,23H,3,10-11,13-19H2,(H,36,39)/t23-,33+/m0/s1. The summed E-state index contributed by atoms with van der Waals surface area (Å²) in [6.07, 6.45) is 0.159. The Morgan fingerprint density at radius 3 is 2.69 bits per heavy atom. The van der Waals surface area contributed by atoms with Gasteiger partial charge < -0.3 is 34.1 Å². The second kappa shape index (κ2) is 11.6. The Morgan fingerprint density at radius 1 is 0.956 bits per heavy atom. The molecule has 1 N–H and O–H groups in total. The smallest absolute Gasteiger partial charge is 0.254 e. The predicted molar refractivity (Wildman–Crippen MR) is 155 cm³/mol. The fourth-order valence-corrected chi connectivity index (χ4v) is 6.62. The summed E-state index contributed by atoms with van der Waals surface area (Å²) in [5, 5.41) is 3.00. The zero-order valence-corrected chi connectivity index (χ0v) is 24.4. The number of nitrogens with zero attached hydrogens (tertiary/aromatic N) is 2. The van der Waals surface area contributed by atoms with Crippen molar-refractivity contribution in [3.05, 3.63) is 82.9 Å². The lowest BCUT2D eigenvalue weighted by molar-refractivity contribution is -0.130. The van der Waals surface area contributed by atoms with Crippen LogP contribution in [0.5, 0.6) is 23.0 Å². The third-order valence-corrected chi connectivity index (χ3v) is 8.97. The number of benzene rings is 3. The third kappa shape index (κ3) is 5.38. The molecule has 5 aliphatic heterocycles. The summed E-state index contributed by atoms with van der Waals surface area (Å²) >= 11 is 0. The van der Waals surface area contributed by atoms with E-state index in [9.17, 15) is 23.2 Å². The maximum absolute atomic E-state index is 14.4. The van der Waals surface area contributed by atoms with Gasteiger partial charge in [0.25, 0.3) is 5.91 Å². The molecule has 5 aliphatic rings. The van der Waals surface area contributed by atoms with E-state index < -0.39 is 17.0 Å². The van der Waals surface area contributed by atoms with Crippen molar-refractivity contribution in [1.29, 1.82) is 0 Å². The minimum absolute atomic E-state index is 0.0184. The van der Waals surface area contributed by atoms with Crippen molar-refractivity contribution < 1.29 is 42.1 Å². The number of amides is 3. The molecule has 10 nitrogen and oxygen atoms in total. The van der Waals surface area contributed by atoms with Crippen LogP contribution >= 0.6 is 0 Å². The second-order valence-corrected chi connectivity index (χ2v) is 11.8. The van der Waals surface area contributed by atoms with Gasteiger partial charge in [0.2, 0.25) is 18.6 Å². The lowest BCUT2D eigenvalue weighted by Crippen LogP contribution is -2.50. The fraction of sp³-hybridized carbons (Fsp3) is 0.364. The highest BCUT2D eigenvalue weighted by Crippen LogP contribution is 2.52. The van der Waals surface area contributed by atoms with E-state index >= 15 is 0 Å². The van der Waals surface area contributed by atoms with Crippen molar-refractivity contribution >= 4 is 17.7 Å². The lowest BCUT2D eigenvalue weighted by atomic mass is 9.73. The summed E-state index contributed by atoms with van der Waals surface area (Å²) in [7, 11) is 0. The number of carbonyl (C=O) groups excluding carboxylic acids is 3. The zero-order chi connectivity index (χ0) is 31.1. The highest BCUT2D eigenvalue weighted by Gasteiger charge is 2.53. The van der Waals surface area contributed by atoms with Gasteiger partial charge >= 0.3 is 0 Å². The monoisotopic (exact) mass is 619 g/mol. The zero-order valence-electron chi connectivity index (χ0n) is 24.4. The van der Waals surface area contributed by atoms with Crippen molar-refractivity contribution in [2.45, 2.75) is 18.8 Å². The maximum atomic E-state index is 14.4. The Labute approximate surface area is 257 Å². The van der Waals surface area contributed by atoms with Crippen LogP contribution in [0.2, 0.25) is 0 Å². The lowest BCUT2D eigenvalue weighted by Gasteiger charge is -2.40. The molecule has 8 rings (SSSR count). The molecule has 3 aromatic carbocycles. The number of hydrogen-bond acceptors (Lipinski definition) is 7. The number of hydrogen-bond donors (Lipinski definition) is 1. The van der Waals surface area contributed by atoms with E-state index in [-0.39, 0.29) is 81.8 Å². The number of likely N-dealkylation sites (tertiary alicyclic amines) is 1. The molecule has 0 radical (unpaired) electrons. The minimum atomic E-state index is -1.04. The molecule has 0 unspecified atom stereocenters. The van der Waals surface area contributed by atoms with Gasteiger partial charge in [-0.2, -0.15) is 0 Å². The number of halogens is 2. The molecule has 5 heterocycles. The largest absolute Gasteiger partial charge is 0.490 e. The van der Waals surface area contributed by atoms with Gasteiger partial charge in [-0.3, -0.25) is 14.4 Å².